The maximum atomic E-state index is 12.4. The second-order valence-electron chi connectivity index (χ2n) is 5.37. The van der Waals surface area contributed by atoms with E-state index in [4.69, 9.17) is 5.26 Å². The van der Waals surface area contributed by atoms with Crippen molar-refractivity contribution in [2.24, 2.45) is 7.05 Å². The van der Waals surface area contributed by atoms with Crippen LogP contribution >= 0.6 is 0 Å². The van der Waals surface area contributed by atoms with Crippen LogP contribution in [0.3, 0.4) is 0 Å². The van der Waals surface area contributed by atoms with Crippen molar-refractivity contribution in [1.82, 2.24) is 19.5 Å². The van der Waals surface area contributed by atoms with Gasteiger partial charge >= 0.3 is 0 Å². The number of benzene rings is 1. The Kier molecular flexibility index (Phi) is 4.61. The van der Waals surface area contributed by atoms with E-state index >= 15 is 0 Å². The fourth-order valence-corrected chi connectivity index (χ4v) is 3.36. The molecular formula is C17H15N5O2S. The van der Waals surface area contributed by atoms with Crippen molar-refractivity contribution in [2.45, 2.75) is 11.4 Å². The van der Waals surface area contributed by atoms with E-state index in [1.807, 2.05) is 18.3 Å². The van der Waals surface area contributed by atoms with Crippen molar-refractivity contribution >= 4 is 10.0 Å². The van der Waals surface area contributed by atoms with E-state index in [2.05, 4.69) is 14.8 Å². The van der Waals surface area contributed by atoms with Crippen LogP contribution in [0.5, 0.6) is 0 Å². The van der Waals surface area contributed by atoms with Gasteiger partial charge in [-0.05, 0) is 35.9 Å². The second-order valence-corrected chi connectivity index (χ2v) is 7.14. The molecule has 1 aromatic carbocycles. The molecule has 0 aliphatic carbocycles. The summed E-state index contributed by atoms with van der Waals surface area (Å²) in [5.74, 6) is 0. The quantitative estimate of drug-likeness (QED) is 0.754. The zero-order valence-corrected chi connectivity index (χ0v) is 14.2. The molecule has 25 heavy (non-hydrogen) atoms. The monoisotopic (exact) mass is 353 g/mol. The van der Waals surface area contributed by atoms with Gasteiger partial charge in [0.15, 0.2) is 0 Å². The Labute approximate surface area is 145 Å². The van der Waals surface area contributed by atoms with Crippen LogP contribution in [0.4, 0.5) is 0 Å². The molecule has 3 rings (SSSR count). The smallest absolute Gasteiger partial charge is 0.240 e. The zero-order chi connectivity index (χ0) is 17.9. The largest absolute Gasteiger partial charge is 0.275 e. The van der Waals surface area contributed by atoms with Crippen LogP contribution in [0.15, 0.2) is 59.9 Å². The SMILES string of the molecule is Cn1cc(-c2ncccc2CNS(=O)(=O)c2ccc(C#N)cc2)cn1. The Balaban J connectivity index is 1.83. The number of hydrogen-bond acceptors (Lipinski definition) is 5. The third-order valence-electron chi connectivity index (χ3n) is 3.62. The minimum absolute atomic E-state index is 0.0976. The zero-order valence-electron chi connectivity index (χ0n) is 13.4. The van der Waals surface area contributed by atoms with Crippen LogP contribution in [0.1, 0.15) is 11.1 Å². The lowest BCUT2D eigenvalue weighted by Crippen LogP contribution is -2.23. The highest BCUT2D eigenvalue weighted by molar-refractivity contribution is 7.89. The first-order chi connectivity index (χ1) is 12.0. The number of aromatic nitrogens is 3. The molecule has 7 nitrogen and oxygen atoms in total. The number of nitrogens with one attached hydrogen (secondary N) is 1. The van der Waals surface area contributed by atoms with E-state index in [1.165, 1.54) is 24.3 Å². The van der Waals surface area contributed by atoms with Gasteiger partial charge in [0, 0.05) is 31.5 Å². The molecule has 3 aromatic rings. The van der Waals surface area contributed by atoms with Gasteiger partial charge in [-0.2, -0.15) is 10.4 Å². The maximum Gasteiger partial charge on any atom is 0.240 e. The number of aryl methyl sites for hydroxylation is 1. The molecule has 2 heterocycles. The van der Waals surface area contributed by atoms with Gasteiger partial charge in [-0.1, -0.05) is 6.07 Å². The predicted octanol–water partition coefficient (Wildman–Crippen LogP) is 1.83. The molecule has 0 amide bonds. The summed E-state index contributed by atoms with van der Waals surface area (Å²) in [4.78, 5) is 4.44. The van der Waals surface area contributed by atoms with Crippen molar-refractivity contribution < 1.29 is 8.42 Å². The number of sulfonamides is 1. The Morgan fingerprint density at radius 2 is 2.00 bits per heavy atom. The van der Waals surface area contributed by atoms with Gasteiger partial charge in [-0.15, -0.1) is 0 Å². The van der Waals surface area contributed by atoms with Gasteiger partial charge in [-0.3, -0.25) is 9.67 Å². The van der Waals surface area contributed by atoms with E-state index in [1.54, 1.807) is 30.2 Å². The summed E-state index contributed by atoms with van der Waals surface area (Å²) >= 11 is 0. The van der Waals surface area contributed by atoms with Gasteiger partial charge in [0.2, 0.25) is 10.0 Å². The predicted molar refractivity (Wildman–Crippen MR) is 91.6 cm³/mol. The van der Waals surface area contributed by atoms with Gasteiger partial charge in [-0.25, -0.2) is 13.1 Å². The number of rotatable bonds is 5. The Bertz CT molecular complexity index is 1030. The summed E-state index contributed by atoms with van der Waals surface area (Å²) in [7, 11) is -1.88. The molecule has 0 fully saturated rings. The normalized spacial score (nSPS) is 11.2. The molecule has 8 heteroatoms. The van der Waals surface area contributed by atoms with Crippen molar-refractivity contribution in [2.75, 3.05) is 0 Å². The van der Waals surface area contributed by atoms with Gasteiger partial charge in [0.25, 0.3) is 0 Å². The standard InChI is InChI=1S/C17H15N5O2S/c1-22-12-15(10-20-22)17-14(3-2-8-19-17)11-21-25(23,24)16-6-4-13(9-18)5-7-16/h2-8,10,12,21H,11H2,1H3. The fraction of sp³-hybridized carbons (Fsp3) is 0.118. The Morgan fingerprint density at radius 3 is 2.64 bits per heavy atom. The van der Waals surface area contributed by atoms with Crippen LogP contribution < -0.4 is 4.72 Å². The van der Waals surface area contributed by atoms with Crippen LogP contribution in [0.2, 0.25) is 0 Å². The summed E-state index contributed by atoms with van der Waals surface area (Å²) < 4.78 is 29.1. The first kappa shape index (κ1) is 16.8. The first-order valence-electron chi connectivity index (χ1n) is 7.42. The Hall–Kier alpha value is -3.02. The van der Waals surface area contributed by atoms with E-state index < -0.39 is 10.0 Å². The molecule has 0 radical (unpaired) electrons. The van der Waals surface area contributed by atoms with Crippen LogP contribution in [-0.2, 0) is 23.6 Å². The average molecular weight is 353 g/mol. The van der Waals surface area contributed by atoms with E-state index in [9.17, 15) is 8.42 Å². The number of nitrogens with zero attached hydrogens (tertiary/aromatic N) is 4. The lowest BCUT2D eigenvalue weighted by atomic mass is 10.1. The molecule has 0 saturated heterocycles. The molecule has 0 atom stereocenters. The number of pyridine rings is 1. The highest BCUT2D eigenvalue weighted by Crippen LogP contribution is 2.21. The van der Waals surface area contributed by atoms with E-state index in [0.29, 0.717) is 11.3 Å². The van der Waals surface area contributed by atoms with E-state index in [0.717, 1.165) is 11.1 Å². The number of hydrogen-bond donors (Lipinski definition) is 1. The summed E-state index contributed by atoms with van der Waals surface area (Å²) in [5, 5.41) is 12.9. The topological polar surface area (TPSA) is 101 Å². The van der Waals surface area contributed by atoms with Gasteiger partial charge in [0.05, 0.1) is 28.4 Å². The molecule has 126 valence electrons. The molecule has 1 N–H and O–H groups in total. The van der Waals surface area contributed by atoms with Crippen LogP contribution in [0.25, 0.3) is 11.3 Å². The highest BCUT2D eigenvalue weighted by atomic mass is 32.2. The average Bonchev–Trinajstić information content (AvgIpc) is 3.06. The summed E-state index contributed by atoms with van der Waals surface area (Å²) in [5.41, 5.74) is 2.64. The maximum absolute atomic E-state index is 12.4. The minimum atomic E-state index is -3.69. The molecule has 0 unspecified atom stereocenters. The number of nitriles is 1. The lowest BCUT2D eigenvalue weighted by molar-refractivity contribution is 0.581. The molecule has 0 saturated carbocycles. The minimum Gasteiger partial charge on any atom is -0.275 e. The van der Waals surface area contributed by atoms with Gasteiger partial charge in [0.1, 0.15) is 0 Å². The van der Waals surface area contributed by atoms with Crippen molar-refractivity contribution in [1.29, 1.82) is 5.26 Å². The molecule has 0 spiro atoms. The van der Waals surface area contributed by atoms with Crippen molar-refractivity contribution in [3.05, 3.63) is 66.1 Å². The molecule has 0 aliphatic heterocycles. The first-order valence-corrected chi connectivity index (χ1v) is 8.90. The van der Waals surface area contributed by atoms with Crippen molar-refractivity contribution in [3.8, 4) is 17.3 Å². The molecule has 0 aliphatic rings. The third-order valence-corrected chi connectivity index (χ3v) is 5.03. The molecule has 0 bridgehead atoms. The Morgan fingerprint density at radius 1 is 1.24 bits per heavy atom. The van der Waals surface area contributed by atoms with E-state index in [-0.39, 0.29) is 11.4 Å². The summed E-state index contributed by atoms with van der Waals surface area (Å²) in [6, 6.07) is 11.3. The summed E-state index contributed by atoms with van der Waals surface area (Å²) in [6.07, 6.45) is 5.16. The molecular weight excluding hydrogens is 338 g/mol. The highest BCUT2D eigenvalue weighted by Gasteiger charge is 2.15. The summed E-state index contributed by atoms with van der Waals surface area (Å²) in [6.45, 7) is 0.0976. The van der Waals surface area contributed by atoms with Crippen molar-refractivity contribution in [3.63, 3.8) is 0 Å². The fourth-order valence-electron chi connectivity index (χ4n) is 2.35. The van der Waals surface area contributed by atoms with Gasteiger partial charge < -0.3 is 0 Å². The van der Waals surface area contributed by atoms with Crippen LogP contribution in [0, 0.1) is 11.3 Å². The van der Waals surface area contributed by atoms with Crippen LogP contribution in [-0.4, -0.2) is 23.2 Å². The second kappa shape index (κ2) is 6.84. The lowest BCUT2D eigenvalue weighted by Gasteiger charge is -2.09. The third kappa shape index (κ3) is 3.74. The molecule has 2 aromatic heterocycles.